The summed E-state index contributed by atoms with van der Waals surface area (Å²) in [4.78, 5) is 0. The van der Waals surface area contributed by atoms with Crippen molar-refractivity contribution in [2.75, 3.05) is 0 Å². The number of hydrogen-bond acceptors (Lipinski definition) is 1. The van der Waals surface area contributed by atoms with Gasteiger partial charge in [-0.2, -0.15) is 0 Å². The van der Waals surface area contributed by atoms with Crippen molar-refractivity contribution in [3.05, 3.63) is 23.7 Å². The van der Waals surface area contributed by atoms with Crippen LogP contribution >= 0.6 is 0 Å². The zero-order valence-electron chi connectivity index (χ0n) is 8.71. The maximum atomic E-state index is 5.60. The maximum absolute atomic E-state index is 5.60. The molecule has 0 bridgehead atoms. The third-order valence-corrected chi connectivity index (χ3v) is 3.31. The summed E-state index contributed by atoms with van der Waals surface area (Å²) < 4.78 is 5.60. The van der Waals surface area contributed by atoms with Crippen LogP contribution in [-0.4, -0.2) is 0 Å². The molecule has 0 amide bonds. The normalized spacial score (nSPS) is 27.7. The molecule has 0 fully saturated rings. The lowest BCUT2D eigenvalue weighted by Gasteiger charge is -2.27. The van der Waals surface area contributed by atoms with Gasteiger partial charge in [-0.1, -0.05) is 20.8 Å². The first kappa shape index (κ1) is 8.86. The van der Waals surface area contributed by atoms with E-state index in [1.54, 1.807) is 0 Å². The van der Waals surface area contributed by atoms with Gasteiger partial charge in [-0.15, -0.1) is 0 Å². The molecular weight excluding hydrogens is 160 g/mol. The van der Waals surface area contributed by atoms with Crippen molar-refractivity contribution in [2.24, 2.45) is 5.92 Å². The fourth-order valence-electron chi connectivity index (χ4n) is 2.39. The zero-order chi connectivity index (χ0) is 9.42. The Morgan fingerprint density at radius 1 is 1.38 bits per heavy atom. The molecule has 2 atom stereocenters. The molecule has 0 spiro atoms. The Labute approximate surface area is 80.1 Å². The van der Waals surface area contributed by atoms with Gasteiger partial charge < -0.3 is 4.42 Å². The highest BCUT2D eigenvalue weighted by molar-refractivity contribution is 5.27. The Balaban J connectivity index is 2.35. The molecule has 2 rings (SSSR count). The lowest BCUT2D eigenvalue weighted by molar-refractivity contribution is 0.338. The summed E-state index contributed by atoms with van der Waals surface area (Å²) in [6.45, 7) is 6.87. The summed E-state index contributed by atoms with van der Waals surface area (Å²) in [6, 6.07) is 2.15. The Morgan fingerprint density at radius 3 is 2.85 bits per heavy atom. The van der Waals surface area contributed by atoms with E-state index in [0.29, 0.717) is 17.8 Å². The van der Waals surface area contributed by atoms with E-state index >= 15 is 0 Å². The molecule has 72 valence electrons. The van der Waals surface area contributed by atoms with Crippen molar-refractivity contribution in [3.63, 3.8) is 0 Å². The molecule has 13 heavy (non-hydrogen) atoms. The molecule has 0 N–H and O–H groups in total. The summed E-state index contributed by atoms with van der Waals surface area (Å²) in [7, 11) is 0. The van der Waals surface area contributed by atoms with Crippen LogP contribution in [0.5, 0.6) is 0 Å². The van der Waals surface area contributed by atoms with Gasteiger partial charge in [0.1, 0.15) is 5.76 Å². The lowest BCUT2D eigenvalue weighted by Crippen LogP contribution is -2.15. The summed E-state index contributed by atoms with van der Waals surface area (Å²) in [6.07, 6.45) is 4.45. The highest BCUT2D eigenvalue weighted by atomic mass is 16.3. The molecular formula is C12H18O. The Morgan fingerprint density at radius 2 is 2.15 bits per heavy atom. The van der Waals surface area contributed by atoms with E-state index in [-0.39, 0.29) is 0 Å². The smallest absolute Gasteiger partial charge is 0.110 e. The van der Waals surface area contributed by atoms with E-state index in [4.69, 9.17) is 4.42 Å². The quantitative estimate of drug-likeness (QED) is 0.635. The molecule has 1 heteroatoms. The minimum atomic E-state index is 0.654. The molecule has 1 aromatic rings. The third-order valence-electron chi connectivity index (χ3n) is 3.31. The predicted octanol–water partition coefficient (Wildman–Crippen LogP) is 3.92. The van der Waals surface area contributed by atoms with Crippen LogP contribution in [0.15, 0.2) is 16.7 Å². The topological polar surface area (TPSA) is 13.1 Å². The SMILES string of the molecule is CC(C)[C@@H]1CC[C@@H](C)c2ccoc21. The minimum Gasteiger partial charge on any atom is -0.469 e. The molecule has 0 aromatic carbocycles. The highest BCUT2D eigenvalue weighted by Gasteiger charge is 2.29. The van der Waals surface area contributed by atoms with Crippen LogP contribution in [0.1, 0.15) is 56.8 Å². The average Bonchev–Trinajstić information content (AvgIpc) is 2.53. The van der Waals surface area contributed by atoms with Crippen LogP contribution in [0.3, 0.4) is 0 Å². The largest absolute Gasteiger partial charge is 0.469 e. The fraction of sp³-hybridized carbons (Fsp3) is 0.667. The molecule has 0 unspecified atom stereocenters. The Kier molecular flexibility index (Phi) is 2.19. The van der Waals surface area contributed by atoms with E-state index in [1.807, 2.05) is 6.26 Å². The van der Waals surface area contributed by atoms with Gasteiger partial charge in [0, 0.05) is 5.92 Å². The van der Waals surface area contributed by atoms with E-state index in [9.17, 15) is 0 Å². The molecule has 1 heterocycles. The second-order valence-corrected chi connectivity index (χ2v) is 4.57. The van der Waals surface area contributed by atoms with Crippen LogP contribution < -0.4 is 0 Å². The van der Waals surface area contributed by atoms with Crippen molar-refractivity contribution < 1.29 is 4.42 Å². The van der Waals surface area contributed by atoms with Gasteiger partial charge in [-0.05, 0) is 36.3 Å². The van der Waals surface area contributed by atoms with E-state index in [0.717, 1.165) is 0 Å². The monoisotopic (exact) mass is 178 g/mol. The second-order valence-electron chi connectivity index (χ2n) is 4.57. The standard InChI is InChI=1S/C12H18O/c1-8(2)10-5-4-9(3)11-6-7-13-12(10)11/h6-10H,4-5H2,1-3H3/t9-,10+/m1/s1. The van der Waals surface area contributed by atoms with Crippen molar-refractivity contribution in [1.29, 1.82) is 0 Å². The summed E-state index contributed by atoms with van der Waals surface area (Å²) >= 11 is 0. The minimum absolute atomic E-state index is 0.654. The maximum Gasteiger partial charge on any atom is 0.110 e. The third kappa shape index (κ3) is 1.41. The molecule has 1 nitrogen and oxygen atoms in total. The number of fused-ring (bicyclic) bond motifs is 1. The Hall–Kier alpha value is -0.720. The first-order chi connectivity index (χ1) is 6.20. The van der Waals surface area contributed by atoms with Gasteiger partial charge in [-0.3, -0.25) is 0 Å². The van der Waals surface area contributed by atoms with Crippen LogP contribution in [-0.2, 0) is 0 Å². The summed E-state index contributed by atoms with van der Waals surface area (Å²) in [5.74, 6) is 3.32. The molecule has 0 saturated carbocycles. The first-order valence-corrected chi connectivity index (χ1v) is 5.27. The second kappa shape index (κ2) is 3.21. The van der Waals surface area contributed by atoms with Gasteiger partial charge in [0.05, 0.1) is 6.26 Å². The van der Waals surface area contributed by atoms with Crippen molar-refractivity contribution in [3.8, 4) is 0 Å². The van der Waals surface area contributed by atoms with E-state index in [1.165, 1.54) is 24.2 Å². The predicted molar refractivity (Wildman–Crippen MR) is 53.9 cm³/mol. The van der Waals surface area contributed by atoms with Gasteiger partial charge in [0.2, 0.25) is 0 Å². The van der Waals surface area contributed by atoms with Crippen molar-refractivity contribution >= 4 is 0 Å². The van der Waals surface area contributed by atoms with Gasteiger partial charge in [-0.25, -0.2) is 0 Å². The van der Waals surface area contributed by atoms with E-state index < -0.39 is 0 Å². The zero-order valence-corrected chi connectivity index (χ0v) is 8.71. The fourth-order valence-corrected chi connectivity index (χ4v) is 2.39. The summed E-state index contributed by atoms with van der Waals surface area (Å²) in [5.41, 5.74) is 1.45. The van der Waals surface area contributed by atoms with Crippen LogP contribution in [0.2, 0.25) is 0 Å². The molecule has 1 aliphatic rings. The average molecular weight is 178 g/mol. The Bertz CT molecular complexity index is 285. The summed E-state index contributed by atoms with van der Waals surface area (Å²) in [5, 5.41) is 0. The number of rotatable bonds is 1. The van der Waals surface area contributed by atoms with Gasteiger partial charge in [0.15, 0.2) is 0 Å². The molecule has 1 aliphatic carbocycles. The molecule has 1 aromatic heterocycles. The van der Waals surface area contributed by atoms with Gasteiger partial charge in [0.25, 0.3) is 0 Å². The lowest BCUT2D eigenvalue weighted by atomic mass is 9.77. The first-order valence-electron chi connectivity index (χ1n) is 5.27. The van der Waals surface area contributed by atoms with Crippen LogP contribution in [0.25, 0.3) is 0 Å². The highest BCUT2D eigenvalue weighted by Crippen LogP contribution is 2.42. The molecule has 0 saturated heterocycles. The number of furan rings is 1. The van der Waals surface area contributed by atoms with Crippen LogP contribution in [0.4, 0.5) is 0 Å². The molecule has 0 aliphatic heterocycles. The number of hydrogen-bond donors (Lipinski definition) is 0. The van der Waals surface area contributed by atoms with E-state index in [2.05, 4.69) is 26.8 Å². The van der Waals surface area contributed by atoms with Crippen molar-refractivity contribution in [2.45, 2.75) is 45.4 Å². The molecule has 0 radical (unpaired) electrons. The van der Waals surface area contributed by atoms with Gasteiger partial charge >= 0.3 is 0 Å². The van der Waals surface area contributed by atoms with Crippen LogP contribution in [0, 0.1) is 5.92 Å². The van der Waals surface area contributed by atoms with Crippen molar-refractivity contribution in [1.82, 2.24) is 0 Å².